The highest BCUT2D eigenvalue weighted by atomic mass is 15.1. The molecule has 0 aliphatic rings. The van der Waals surface area contributed by atoms with Crippen molar-refractivity contribution in [3.05, 3.63) is 65.9 Å². The van der Waals surface area contributed by atoms with Crippen molar-refractivity contribution in [2.75, 3.05) is 0 Å². The van der Waals surface area contributed by atoms with Gasteiger partial charge in [0.25, 0.3) is 0 Å². The Bertz CT molecular complexity index is 583. The van der Waals surface area contributed by atoms with Gasteiger partial charge in [0.2, 0.25) is 0 Å². The van der Waals surface area contributed by atoms with Crippen molar-refractivity contribution >= 4 is 10.9 Å². The smallest absolute Gasteiger partial charge is 0.0652 e. The van der Waals surface area contributed by atoms with Crippen LogP contribution in [0.2, 0.25) is 0 Å². The first-order chi connectivity index (χ1) is 10.3. The summed E-state index contributed by atoms with van der Waals surface area (Å²) in [6, 6.07) is 16.5. The Morgan fingerprint density at radius 2 is 1.38 bits per heavy atom. The maximum Gasteiger partial charge on any atom is 0.0652 e. The molecular formula is C19H28N2. The zero-order valence-corrected chi connectivity index (χ0v) is 14.1. The number of aromatic amines is 1. The minimum Gasteiger partial charge on any atom is -0.278 e. The Balaban J connectivity index is 0.000000321. The number of nitrogens with zero attached hydrogens (tertiary/aromatic N) is 1. The second-order valence-corrected chi connectivity index (χ2v) is 4.12. The van der Waals surface area contributed by atoms with E-state index in [1.165, 1.54) is 16.5 Å². The van der Waals surface area contributed by atoms with Gasteiger partial charge in [-0.25, -0.2) is 0 Å². The van der Waals surface area contributed by atoms with Gasteiger partial charge in [0.1, 0.15) is 0 Å². The van der Waals surface area contributed by atoms with E-state index in [1.807, 2.05) is 52.1 Å². The van der Waals surface area contributed by atoms with Crippen LogP contribution >= 0.6 is 0 Å². The first-order valence-electron chi connectivity index (χ1n) is 7.67. The number of benzene rings is 2. The van der Waals surface area contributed by atoms with E-state index < -0.39 is 0 Å². The highest BCUT2D eigenvalue weighted by molar-refractivity contribution is 5.78. The van der Waals surface area contributed by atoms with E-state index in [1.54, 1.807) is 0 Å². The monoisotopic (exact) mass is 284 g/mol. The quantitative estimate of drug-likeness (QED) is 0.545. The molecule has 2 aromatic carbocycles. The summed E-state index contributed by atoms with van der Waals surface area (Å²) in [6.45, 7) is 12.2. The molecule has 0 aliphatic heterocycles. The van der Waals surface area contributed by atoms with Crippen LogP contribution in [-0.4, -0.2) is 10.2 Å². The average Bonchev–Trinajstić information content (AvgIpc) is 3.00. The fourth-order valence-electron chi connectivity index (χ4n) is 1.59. The molecule has 0 bridgehead atoms. The topological polar surface area (TPSA) is 28.7 Å². The molecule has 2 nitrogen and oxygen atoms in total. The summed E-state index contributed by atoms with van der Waals surface area (Å²) >= 11 is 0. The highest BCUT2D eigenvalue weighted by Gasteiger charge is 1.92. The first kappa shape index (κ1) is 18.9. The van der Waals surface area contributed by atoms with Gasteiger partial charge in [-0.3, -0.25) is 5.10 Å². The molecule has 3 rings (SSSR count). The molecule has 0 unspecified atom stereocenters. The van der Waals surface area contributed by atoms with Crippen LogP contribution in [0.4, 0.5) is 0 Å². The number of aryl methyl sites for hydroxylation is 2. The fourth-order valence-corrected chi connectivity index (χ4v) is 1.59. The third-order valence-electron chi connectivity index (χ3n) is 2.54. The van der Waals surface area contributed by atoms with Crippen LogP contribution in [0.1, 0.15) is 38.8 Å². The van der Waals surface area contributed by atoms with Gasteiger partial charge in [0.15, 0.2) is 0 Å². The Morgan fingerprint density at radius 3 is 1.90 bits per heavy atom. The molecule has 0 saturated heterocycles. The van der Waals surface area contributed by atoms with Gasteiger partial charge in [-0.15, -0.1) is 0 Å². The first-order valence-corrected chi connectivity index (χ1v) is 7.67. The lowest BCUT2D eigenvalue weighted by Crippen LogP contribution is -1.70. The zero-order chi connectivity index (χ0) is 16.1. The molecule has 0 saturated carbocycles. The van der Waals surface area contributed by atoms with Crippen molar-refractivity contribution in [3.63, 3.8) is 0 Å². The third kappa shape index (κ3) is 7.31. The summed E-state index contributed by atoms with van der Waals surface area (Å²) in [6.07, 6.45) is 1.83. The summed E-state index contributed by atoms with van der Waals surface area (Å²) in [5, 5.41) is 8.00. The third-order valence-corrected chi connectivity index (χ3v) is 2.54. The van der Waals surface area contributed by atoms with Crippen LogP contribution in [-0.2, 0) is 0 Å². The molecule has 0 atom stereocenters. The molecule has 0 aliphatic carbocycles. The molecular weight excluding hydrogens is 256 g/mol. The SMILES string of the molecule is CC.CC.Cc1ccc2cn[nH]c2c1.Cc1ccccc1. The van der Waals surface area contributed by atoms with Crippen LogP contribution in [0.3, 0.4) is 0 Å². The van der Waals surface area contributed by atoms with Crippen molar-refractivity contribution in [2.24, 2.45) is 0 Å². The number of rotatable bonds is 0. The molecule has 3 aromatic rings. The Morgan fingerprint density at radius 1 is 0.762 bits per heavy atom. The van der Waals surface area contributed by atoms with E-state index >= 15 is 0 Å². The van der Waals surface area contributed by atoms with Gasteiger partial charge in [-0.1, -0.05) is 75.7 Å². The Labute approximate surface area is 129 Å². The summed E-state index contributed by atoms with van der Waals surface area (Å²) in [5.74, 6) is 0. The lowest BCUT2D eigenvalue weighted by molar-refractivity contribution is 1.12. The van der Waals surface area contributed by atoms with Gasteiger partial charge in [0.05, 0.1) is 11.7 Å². The minimum absolute atomic E-state index is 1.11. The summed E-state index contributed by atoms with van der Waals surface area (Å²) in [4.78, 5) is 0. The average molecular weight is 284 g/mol. The van der Waals surface area contributed by atoms with Crippen LogP contribution in [0.25, 0.3) is 10.9 Å². The highest BCUT2D eigenvalue weighted by Crippen LogP contribution is 2.10. The standard InChI is InChI=1S/C8H8N2.C7H8.2C2H6/c1-6-2-3-7-5-9-10-8(7)4-6;1-7-5-3-2-4-6-7;2*1-2/h2-5H,1H3,(H,9,10);2-6H,1H3;2*1-2H3. The largest absolute Gasteiger partial charge is 0.278 e. The second kappa shape index (κ2) is 11.7. The number of hydrogen-bond acceptors (Lipinski definition) is 1. The van der Waals surface area contributed by atoms with Crippen LogP contribution in [0.5, 0.6) is 0 Å². The zero-order valence-electron chi connectivity index (χ0n) is 14.1. The van der Waals surface area contributed by atoms with Gasteiger partial charge < -0.3 is 0 Å². The second-order valence-electron chi connectivity index (χ2n) is 4.12. The number of aromatic nitrogens is 2. The molecule has 0 radical (unpaired) electrons. The number of fused-ring (bicyclic) bond motifs is 1. The summed E-state index contributed by atoms with van der Waals surface area (Å²) in [7, 11) is 0. The van der Waals surface area contributed by atoms with Gasteiger partial charge >= 0.3 is 0 Å². The van der Waals surface area contributed by atoms with E-state index in [0.29, 0.717) is 0 Å². The van der Waals surface area contributed by atoms with Crippen molar-refractivity contribution in [1.29, 1.82) is 0 Å². The molecule has 1 aromatic heterocycles. The maximum atomic E-state index is 3.92. The van der Waals surface area contributed by atoms with Crippen molar-refractivity contribution < 1.29 is 0 Å². The molecule has 2 heteroatoms. The van der Waals surface area contributed by atoms with Crippen molar-refractivity contribution in [2.45, 2.75) is 41.5 Å². The van der Waals surface area contributed by atoms with Crippen molar-refractivity contribution in [3.8, 4) is 0 Å². The number of nitrogens with one attached hydrogen (secondary N) is 1. The van der Waals surface area contributed by atoms with E-state index in [-0.39, 0.29) is 0 Å². The number of H-pyrrole nitrogens is 1. The number of hydrogen-bond donors (Lipinski definition) is 1. The van der Waals surface area contributed by atoms with E-state index in [2.05, 4.69) is 54.4 Å². The summed E-state index contributed by atoms with van der Waals surface area (Å²) < 4.78 is 0. The lowest BCUT2D eigenvalue weighted by atomic mass is 10.2. The minimum atomic E-state index is 1.11. The maximum absolute atomic E-state index is 3.92. The predicted octanol–water partition coefficient (Wildman–Crippen LogP) is 5.92. The lowest BCUT2D eigenvalue weighted by Gasteiger charge is -1.89. The van der Waals surface area contributed by atoms with E-state index in [4.69, 9.17) is 0 Å². The van der Waals surface area contributed by atoms with Crippen LogP contribution < -0.4 is 0 Å². The molecule has 1 N–H and O–H groups in total. The van der Waals surface area contributed by atoms with Gasteiger partial charge in [0, 0.05) is 5.39 Å². The normalized spacial score (nSPS) is 8.48. The van der Waals surface area contributed by atoms with E-state index in [9.17, 15) is 0 Å². The van der Waals surface area contributed by atoms with E-state index in [0.717, 1.165) is 5.52 Å². The van der Waals surface area contributed by atoms with Gasteiger partial charge in [-0.2, -0.15) is 5.10 Å². The summed E-state index contributed by atoms with van der Waals surface area (Å²) in [5.41, 5.74) is 3.69. The Hall–Kier alpha value is -2.09. The predicted molar refractivity (Wildman–Crippen MR) is 94.7 cm³/mol. The molecule has 21 heavy (non-hydrogen) atoms. The molecule has 0 fully saturated rings. The van der Waals surface area contributed by atoms with Crippen molar-refractivity contribution in [1.82, 2.24) is 10.2 Å². The van der Waals surface area contributed by atoms with Crippen LogP contribution in [0, 0.1) is 13.8 Å². The van der Waals surface area contributed by atoms with Gasteiger partial charge in [-0.05, 0) is 25.5 Å². The molecule has 0 amide bonds. The molecule has 0 spiro atoms. The molecule has 1 heterocycles. The fraction of sp³-hybridized carbons (Fsp3) is 0.316. The Kier molecular flexibility index (Phi) is 10.5. The van der Waals surface area contributed by atoms with Crippen LogP contribution in [0.15, 0.2) is 54.7 Å². The molecule has 114 valence electrons.